The molecule has 2 rings (SSSR count). The number of carboxylic acids is 1. The van der Waals surface area contributed by atoms with Crippen molar-refractivity contribution >= 4 is 27.6 Å². The lowest BCUT2D eigenvalue weighted by Crippen LogP contribution is -2.28. The number of carboxylic acid groups (broad SMARTS) is 1. The first-order chi connectivity index (χ1) is 14.3. The average Bonchev–Trinajstić information content (AvgIpc) is 2.71. The first-order valence-corrected chi connectivity index (χ1v) is 12.3. The topological polar surface area (TPSA) is 83.5 Å². The Labute approximate surface area is 184 Å². The molecule has 0 aliphatic rings. The SMILES string of the molecule is CCCCCC(NS(=O)(=O)c1ccc(Cl)cc1)c1ccc(CCCCC(=O)O)cc1. The van der Waals surface area contributed by atoms with Gasteiger partial charge in [-0.2, -0.15) is 0 Å². The molecule has 0 spiro atoms. The van der Waals surface area contributed by atoms with Crippen LogP contribution in [0.5, 0.6) is 0 Å². The number of halogens is 1. The number of nitrogens with one attached hydrogen (secondary N) is 1. The summed E-state index contributed by atoms with van der Waals surface area (Å²) >= 11 is 5.88. The van der Waals surface area contributed by atoms with Crippen molar-refractivity contribution in [1.82, 2.24) is 4.72 Å². The van der Waals surface area contributed by atoms with E-state index in [-0.39, 0.29) is 17.4 Å². The Hall–Kier alpha value is -1.89. The minimum Gasteiger partial charge on any atom is -0.481 e. The van der Waals surface area contributed by atoms with Crippen molar-refractivity contribution < 1.29 is 18.3 Å². The van der Waals surface area contributed by atoms with Crippen LogP contribution in [0.3, 0.4) is 0 Å². The Morgan fingerprint density at radius 1 is 1.00 bits per heavy atom. The van der Waals surface area contributed by atoms with Gasteiger partial charge in [0.2, 0.25) is 10.0 Å². The minimum atomic E-state index is -3.66. The molecule has 1 unspecified atom stereocenters. The van der Waals surface area contributed by atoms with Crippen molar-refractivity contribution in [2.24, 2.45) is 0 Å². The monoisotopic (exact) mass is 451 g/mol. The molecule has 164 valence electrons. The van der Waals surface area contributed by atoms with Gasteiger partial charge in [-0.3, -0.25) is 4.79 Å². The van der Waals surface area contributed by atoms with Gasteiger partial charge in [0.05, 0.1) is 4.90 Å². The van der Waals surface area contributed by atoms with Gasteiger partial charge in [0.15, 0.2) is 0 Å². The summed E-state index contributed by atoms with van der Waals surface area (Å²) in [6.45, 7) is 2.12. The lowest BCUT2D eigenvalue weighted by Gasteiger charge is -2.20. The van der Waals surface area contributed by atoms with Gasteiger partial charge < -0.3 is 5.11 Å². The summed E-state index contributed by atoms with van der Waals surface area (Å²) < 4.78 is 28.6. The Kier molecular flexibility index (Phi) is 9.82. The summed E-state index contributed by atoms with van der Waals surface area (Å²) in [5, 5.41) is 9.22. The second-order valence-corrected chi connectivity index (χ2v) is 9.62. The third-order valence-corrected chi connectivity index (χ3v) is 6.75. The number of rotatable bonds is 13. The maximum atomic E-state index is 12.9. The van der Waals surface area contributed by atoms with Crippen LogP contribution in [0, 0.1) is 0 Å². The Bertz CT molecular complexity index is 896. The van der Waals surface area contributed by atoms with E-state index < -0.39 is 16.0 Å². The Balaban J connectivity index is 2.09. The molecular weight excluding hydrogens is 422 g/mol. The quantitative estimate of drug-likeness (QED) is 0.380. The fourth-order valence-electron chi connectivity index (χ4n) is 3.28. The molecule has 30 heavy (non-hydrogen) atoms. The van der Waals surface area contributed by atoms with Gasteiger partial charge in [-0.25, -0.2) is 13.1 Å². The number of hydrogen-bond donors (Lipinski definition) is 2. The number of sulfonamides is 1. The van der Waals surface area contributed by atoms with Crippen LogP contribution in [0.2, 0.25) is 5.02 Å². The van der Waals surface area contributed by atoms with E-state index in [2.05, 4.69) is 11.6 Å². The summed E-state index contributed by atoms with van der Waals surface area (Å²) in [4.78, 5) is 10.8. The predicted octanol–water partition coefficient (Wildman–Crippen LogP) is 5.74. The third-order valence-electron chi connectivity index (χ3n) is 5.01. The summed E-state index contributed by atoms with van der Waals surface area (Å²) in [6.07, 6.45) is 6.22. The highest BCUT2D eigenvalue weighted by atomic mass is 35.5. The van der Waals surface area contributed by atoms with Crippen molar-refractivity contribution in [2.45, 2.75) is 69.2 Å². The third kappa shape index (κ3) is 8.09. The van der Waals surface area contributed by atoms with Crippen LogP contribution in [-0.4, -0.2) is 19.5 Å². The van der Waals surface area contributed by atoms with E-state index in [9.17, 15) is 13.2 Å². The fourth-order valence-corrected chi connectivity index (χ4v) is 4.67. The smallest absolute Gasteiger partial charge is 0.303 e. The maximum absolute atomic E-state index is 12.9. The predicted molar refractivity (Wildman–Crippen MR) is 120 cm³/mol. The minimum absolute atomic E-state index is 0.185. The molecule has 0 aliphatic heterocycles. The molecule has 5 nitrogen and oxygen atoms in total. The van der Waals surface area contributed by atoms with Gasteiger partial charge >= 0.3 is 5.97 Å². The van der Waals surface area contributed by atoms with Crippen molar-refractivity contribution in [3.05, 3.63) is 64.7 Å². The number of hydrogen-bond acceptors (Lipinski definition) is 3. The van der Waals surface area contributed by atoms with E-state index in [0.29, 0.717) is 11.4 Å². The average molecular weight is 452 g/mol. The first kappa shape index (κ1) is 24.4. The summed E-state index contributed by atoms with van der Waals surface area (Å²) in [5.41, 5.74) is 2.05. The van der Waals surface area contributed by atoms with Gasteiger partial charge in [0.1, 0.15) is 0 Å². The molecule has 0 heterocycles. The molecule has 2 aromatic carbocycles. The fraction of sp³-hybridized carbons (Fsp3) is 0.435. The van der Waals surface area contributed by atoms with E-state index in [0.717, 1.165) is 49.7 Å². The summed E-state index contributed by atoms with van der Waals surface area (Å²) in [5.74, 6) is -0.770. The van der Waals surface area contributed by atoms with Gasteiger partial charge in [0.25, 0.3) is 0 Å². The lowest BCUT2D eigenvalue weighted by molar-refractivity contribution is -0.137. The van der Waals surface area contributed by atoms with E-state index in [1.165, 1.54) is 12.1 Å². The molecule has 2 aromatic rings. The number of carbonyl (C=O) groups is 1. The lowest BCUT2D eigenvalue weighted by atomic mass is 9.98. The molecule has 0 radical (unpaired) electrons. The van der Waals surface area contributed by atoms with Crippen molar-refractivity contribution in [1.29, 1.82) is 0 Å². The van der Waals surface area contributed by atoms with E-state index in [4.69, 9.17) is 16.7 Å². The van der Waals surface area contributed by atoms with Crippen molar-refractivity contribution in [3.8, 4) is 0 Å². The molecule has 0 fully saturated rings. The zero-order valence-electron chi connectivity index (χ0n) is 17.3. The number of aliphatic carboxylic acids is 1. The molecule has 0 saturated heterocycles. The molecule has 0 bridgehead atoms. The van der Waals surface area contributed by atoms with Crippen molar-refractivity contribution in [2.75, 3.05) is 0 Å². The second kappa shape index (κ2) is 12.1. The van der Waals surface area contributed by atoms with Crippen molar-refractivity contribution in [3.63, 3.8) is 0 Å². The zero-order valence-corrected chi connectivity index (χ0v) is 18.9. The standard InChI is InChI=1S/C23H30ClNO4S/c1-2-3-4-8-22(25-30(28,29)21-16-14-20(24)15-17-21)19-12-10-18(11-13-19)7-5-6-9-23(26)27/h10-17,22,25H,2-9H2,1H3,(H,26,27). The number of unbranched alkanes of at least 4 members (excludes halogenated alkanes) is 3. The van der Waals surface area contributed by atoms with Crippen LogP contribution in [0.4, 0.5) is 0 Å². The van der Waals surface area contributed by atoms with E-state index in [1.807, 2.05) is 24.3 Å². The van der Waals surface area contributed by atoms with Gasteiger partial charge in [-0.05, 0) is 61.1 Å². The normalized spacial score (nSPS) is 12.6. The second-order valence-electron chi connectivity index (χ2n) is 7.47. The van der Waals surface area contributed by atoms with E-state index in [1.54, 1.807) is 12.1 Å². The maximum Gasteiger partial charge on any atom is 0.303 e. The molecular formula is C23H30ClNO4S. The molecule has 0 saturated carbocycles. The highest BCUT2D eigenvalue weighted by Gasteiger charge is 2.21. The van der Waals surface area contributed by atoms with Gasteiger partial charge in [-0.1, -0.05) is 62.1 Å². The van der Waals surface area contributed by atoms with Crippen LogP contribution in [-0.2, 0) is 21.2 Å². The largest absolute Gasteiger partial charge is 0.481 e. The summed E-state index contributed by atoms with van der Waals surface area (Å²) in [7, 11) is -3.66. The number of benzene rings is 2. The molecule has 7 heteroatoms. The highest BCUT2D eigenvalue weighted by molar-refractivity contribution is 7.89. The highest BCUT2D eigenvalue weighted by Crippen LogP contribution is 2.24. The molecule has 1 atom stereocenters. The zero-order chi connectivity index (χ0) is 22.0. The number of aryl methyl sites for hydroxylation is 1. The van der Waals surface area contributed by atoms with Crippen LogP contribution in [0.15, 0.2) is 53.4 Å². The molecule has 0 aliphatic carbocycles. The van der Waals surface area contributed by atoms with Gasteiger partial charge in [0, 0.05) is 17.5 Å². The Morgan fingerprint density at radius 3 is 2.27 bits per heavy atom. The van der Waals surface area contributed by atoms with Crippen LogP contribution in [0.25, 0.3) is 0 Å². The molecule has 0 aromatic heterocycles. The Morgan fingerprint density at radius 2 is 1.67 bits per heavy atom. The summed E-state index contributed by atoms with van der Waals surface area (Å²) in [6, 6.07) is 13.8. The molecule has 2 N–H and O–H groups in total. The van der Waals surface area contributed by atoms with Crippen LogP contribution < -0.4 is 4.72 Å². The van der Waals surface area contributed by atoms with Gasteiger partial charge in [-0.15, -0.1) is 0 Å². The van der Waals surface area contributed by atoms with Crippen LogP contribution in [0.1, 0.15) is 69.0 Å². The van der Waals surface area contributed by atoms with Crippen LogP contribution >= 0.6 is 11.6 Å². The van der Waals surface area contributed by atoms with E-state index >= 15 is 0 Å². The first-order valence-electron chi connectivity index (χ1n) is 10.4. The molecule has 0 amide bonds.